The summed E-state index contributed by atoms with van der Waals surface area (Å²) in [5, 5.41) is 3.14. The Morgan fingerprint density at radius 2 is 2.18 bits per heavy atom. The van der Waals surface area contributed by atoms with Gasteiger partial charge in [-0.25, -0.2) is 14.8 Å². The molecule has 0 N–H and O–H groups in total. The van der Waals surface area contributed by atoms with E-state index in [4.69, 9.17) is 4.74 Å². The van der Waals surface area contributed by atoms with Crippen LogP contribution in [0.5, 0.6) is 0 Å². The van der Waals surface area contributed by atoms with E-state index in [-0.39, 0.29) is 18.3 Å². The number of thiazole rings is 2. The maximum Gasteiger partial charge on any atom is 0.416 e. The second-order valence-corrected chi connectivity index (χ2v) is 8.22. The molecule has 5 nitrogen and oxygen atoms in total. The maximum atomic E-state index is 12.9. The molecule has 4 rings (SSSR count). The van der Waals surface area contributed by atoms with Crippen LogP contribution in [0.2, 0.25) is 0 Å². The van der Waals surface area contributed by atoms with Gasteiger partial charge in [0, 0.05) is 11.9 Å². The molecule has 3 aromatic rings. The fourth-order valence-electron chi connectivity index (χ4n) is 3.21. The lowest BCUT2D eigenvalue weighted by Crippen LogP contribution is -2.22. The van der Waals surface area contributed by atoms with Gasteiger partial charge in [-0.3, -0.25) is 0 Å². The molecule has 0 radical (unpaired) electrons. The molecule has 1 aliphatic heterocycles. The number of nitrogens with zero attached hydrogens (tertiary/aromatic N) is 3. The first-order valence-electron chi connectivity index (χ1n) is 8.74. The molecule has 1 aliphatic rings. The normalized spacial score (nSPS) is 17.4. The minimum atomic E-state index is -4.39. The zero-order valence-electron chi connectivity index (χ0n) is 14.8. The largest absolute Gasteiger partial charge is 0.461 e. The fourth-order valence-corrected chi connectivity index (χ4v) is 5.16. The van der Waals surface area contributed by atoms with E-state index < -0.39 is 17.7 Å². The van der Waals surface area contributed by atoms with Crippen LogP contribution in [-0.2, 0) is 10.9 Å². The Morgan fingerprint density at radius 3 is 2.93 bits per heavy atom. The Labute approximate surface area is 166 Å². The number of carbonyl (C=O) groups excluding carboxylic acids is 1. The van der Waals surface area contributed by atoms with Crippen LogP contribution in [-0.4, -0.2) is 29.1 Å². The van der Waals surface area contributed by atoms with E-state index >= 15 is 0 Å². The number of carbonyl (C=O) groups is 1. The second kappa shape index (κ2) is 7.32. The predicted octanol–water partition coefficient (Wildman–Crippen LogP) is 5.29. The van der Waals surface area contributed by atoms with Crippen molar-refractivity contribution in [3.05, 3.63) is 39.8 Å². The van der Waals surface area contributed by atoms with Crippen molar-refractivity contribution >= 4 is 44.0 Å². The molecule has 0 amide bonds. The molecule has 148 valence electrons. The number of alkyl halides is 3. The molecule has 0 saturated carbocycles. The highest BCUT2D eigenvalue weighted by molar-refractivity contribution is 7.22. The molecule has 1 fully saturated rings. The molecular weight excluding hydrogens is 411 g/mol. The van der Waals surface area contributed by atoms with Crippen LogP contribution in [0.1, 0.15) is 46.9 Å². The Morgan fingerprint density at radius 1 is 1.36 bits per heavy atom. The number of aromatic nitrogens is 2. The Bertz CT molecular complexity index is 1020. The number of anilines is 1. The van der Waals surface area contributed by atoms with Crippen LogP contribution in [0.25, 0.3) is 10.2 Å². The van der Waals surface area contributed by atoms with E-state index in [1.165, 1.54) is 28.7 Å². The third-order valence-electron chi connectivity index (χ3n) is 4.49. The molecule has 1 atom stereocenters. The van der Waals surface area contributed by atoms with E-state index in [0.29, 0.717) is 15.3 Å². The van der Waals surface area contributed by atoms with Crippen LogP contribution >= 0.6 is 22.7 Å². The smallest absolute Gasteiger partial charge is 0.416 e. The lowest BCUT2D eigenvalue weighted by Gasteiger charge is -2.21. The topological polar surface area (TPSA) is 55.3 Å². The summed E-state index contributed by atoms with van der Waals surface area (Å²) >= 11 is 2.75. The standard InChI is InChI=1S/C18H16F3N3O2S2/c1-2-26-16(25)12-9-27-15(22-12)13-4-3-7-24(13)17-23-11-8-10(18(19,20)21)5-6-14(11)28-17/h5-6,8-9,13H,2-4,7H2,1H3/t13-/m0/s1. The van der Waals surface area contributed by atoms with Crippen molar-refractivity contribution in [3.8, 4) is 0 Å². The number of halogens is 3. The van der Waals surface area contributed by atoms with Crippen molar-refractivity contribution in [2.24, 2.45) is 0 Å². The molecule has 0 spiro atoms. The SMILES string of the molecule is CCOC(=O)c1csc([C@@H]2CCCN2c2nc3cc(C(F)(F)F)ccc3s2)n1. The Balaban J connectivity index is 1.62. The van der Waals surface area contributed by atoms with E-state index in [1.807, 2.05) is 0 Å². The van der Waals surface area contributed by atoms with Crippen molar-refractivity contribution in [2.45, 2.75) is 32.0 Å². The molecule has 2 aromatic heterocycles. The van der Waals surface area contributed by atoms with E-state index in [2.05, 4.69) is 14.9 Å². The lowest BCUT2D eigenvalue weighted by molar-refractivity contribution is -0.137. The summed E-state index contributed by atoms with van der Waals surface area (Å²) in [5.41, 5.74) is -0.0755. The highest BCUT2D eigenvalue weighted by atomic mass is 32.1. The van der Waals surface area contributed by atoms with Crippen LogP contribution in [0.3, 0.4) is 0 Å². The molecule has 1 saturated heterocycles. The fraction of sp³-hybridized carbons (Fsp3) is 0.389. The predicted molar refractivity (Wildman–Crippen MR) is 102 cm³/mol. The number of esters is 1. The van der Waals surface area contributed by atoms with Crippen LogP contribution < -0.4 is 4.90 Å². The summed E-state index contributed by atoms with van der Waals surface area (Å²) in [7, 11) is 0. The average Bonchev–Trinajstić information content (AvgIpc) is 3.37. The summed E-state index contributed by atoms with van der Waals surface area (Å²) in [6.07, 6.45) is -2.62. The van der Waals surface area contributed by atoms with E-state index in [0.717, 1.165) is 36.5 Å². The summed E-state index contributed by atoms with van der Waals surface area (Å²) < 4.78 is 44.5. The monoisotopic (exact) mass is 427 g/mol. The summed E-state index contributed by atoms with van der Waals surface area (Å²) in [4.78, 5) is 22.8. The zero-order valence-corrected chi connectivity index (χ0v) is 16.5. The van der Waals surface area contributed by atoms with Crippen molar-refractivity contribution in [3.63, 3.8) is 0 Å². The van der Waals surface area contributed by atoms with Gasteiger partial charge in [0.2, 0.25) is 0 Å². The van der Waals surface area contributed by atoms with Gasteiger partial charge in [-0.2, -0.15) is 13.2 Å². The molecule has 28 heavy (non-hydrogen) atoms. The molecule has 3 heterocycles. The highest BCUT2D eigenvalue weighted by Gasteiger charge is 2.33. The quantitative estimate of drug-likeness (QED) is 0.530. The molecule has 0 unspecified atom stereocenters. The van der Waals surface area contributed by atoms with E-state index in [9.17, 15) is 18.0 Å². The van der Waals surface area contributed by atoms with Gasteiger partial charge in [0.25, 0.3) is 0 Å². The molecule has 0 aliphatic carbocycles. The first-order valence-corrected chi connectivity index (χ1v) is 10.4. The van der Waals surface area contributed by atoms with Crippen molar-refractivity contribution in [2.75, 3.05) is 18.1 Å². The van der Waals surface area contributed by atoms with Crippen molar-refractivity contribution in [1.29, 1.82) is 0 Å². The highest BCUT2D eigenvalue weighted by Crippen LogP contribution is 2.41. The zero-order chi connectivity index (χ0) is 19.9. The number of hydrogen-bond acceptors (Lipinski definition) is 7. The van der Waals surface area contributed by atoms with Gasteiger partial charge >= 0.3 is 12.1 Å². The van der Waals surface area contributed by atoms with Gasteiger partial charge in [-0.05, 0) is 38.0 Å². The minimum absolute atomic E-state index is 0.0455. The molecular formula is C18H16F3N3O2S2. The number of rotatable bonds is 4. The third-order valence-corrected chi connectivity index (χ3v) is 6.51. The maximum absolute atomic E-state index is 12.9. The Hall–Kier alpha value is -2.20. The third kappa shape index (κ3) is 3.58. The lowest BCUT2D eigenvalue weighted by atomic mass is 10.2. The van der Waals surface area contributed by atoms with Crippen LogP contribution in [0.4, 0.5) is 18.3 Å². The Kier molecular flexibility index (Phi) is 5.00. The van der Waals surface area contributed by atoms with Gasteiger partial charge < -0.3 is 9.64 Å². The van der Waals surface area contributed by atoms with Gasteiger partial charge in [0.15, 0.2) is 10.8 Å². The van der Waals surface area contributed by atoms with Gasteiger partial charge in [-0.1, -0.05) is 11.3 Å². The first kappa shape index (κ1) is 19.1. The summed E-state index contributed by atoms with van der Waals surface area (Å²) in [6.45, 7) is 2.76. The van der Waals surface area contributed by atoms with Gasteiger partial charge in [-0.15, -0.1) is 11.3 Å². The van der Waals surface area contributed by atoms with Crippen LogP contribution in [0, 0.1) is 0 Å². The second-order valence-electron chi connectivity index (χ2n) is 6.32. The van der Waals surface area contributed by atoms with Crippen LogP contribution in [0.15, 0.2) is 23.6 Å². The number of ether oxygens (including phenoxy) is 1. The van der Waals surface area contributed by atoms with Gasteiger partial charge in [0.05, 0.1) is 28.4 Å². The first-order chi connectivity index (χ1) is 13.4. The van der Waals surface area contributed by atoms with Crippen molar-refractivity contribution < 1.29 is 22.7 Å². The molecule has 1 aromatic carbocycles. The summed E-state index contributed by atoms with van der Waals surface area (Å²) in [5.74, 6) is -0.450. The number of benzene rings is 1. The number of fused-ring (bicyclic) bond motifs is 1. The van der Waals surface area contributed by atoms with Crippen molar-refractivity contribution in [1.82, 2.24) is 9.97 Å². The molecule has 0 bridgehead atoms. The minimum Gasteiger partial charge on any atom is -0.461 e. The molecule has 10 heteroatoms. The van der Waals surface area contributed by atoms with Gasteiger partial charge in [0.1, 0.15) is 5.01 Å². The van der Waals surface area contributed by atoms with E-state index in [1.54, 1.807) is 12.3 Å². The average molecular weight is 427 g/mol. The summed E-state index contributed by atoms with van der Waals surface area (Å²) in [6, 6.07) is 3.59. The number of hydrogen-bond donors (Lipinski definition) is 0.